The van der Waals surface area contributed by atoms with Gasteiger partial charge in [-0.2, -0.15) is 0 Å². The van der Waals surface area contributed by atoms with Crippen LogP contribution in [-0.4, -0.2) is 4.92 Å². The minimum Gasteiger partial charge on any atom is -0.466 e. The largest absolute Gasteiger partial charge is 0.466 e. The van der Waals surface area contributed by atoms with E-state index in [1.54, 1.807) is 6.07 Å². The summed E-state index contributed by atoms with van der Waals surface area (Å²) < 4.78 is 19.3. The average Bonchev–Trinajstić information content (AvgIpc) is 2.73. The van der Waals surface area contributed by atoms with Crippen molar-refractivity contribution in [3.8, 4) is 0 Å². The molecule has 1 aromatic carbocycles. The van der Waals surface area contributed by atoms with Gasteiger partial charge in [-0.1, -0.05) is 0 Å². The highest BCUT2D eigenvalue weighted by atomic mass is 79.9. The van der Waals surface area contributed by atoms with Crippen LogP contribution in [0, 0.1) is 15.9 Å². The summed E-state index contributed by atoms with van der Waals surface area (Å²) in [6.07, 6.45) is 1.49. The van der Waals surface area contributed by atoms with Gasteiger partial charge in [0.2, 0.25) is 0 Å². The van der Waals surface area contributed by atoms with Gasteiger partial charge in [-0.3, -0.25) is 10.1 Å². The Morgan fingerprint density at radius 1 is 1.44 bits per heavy atom. The second-order valence-corrected chi connectivity index (χ2v) is 4.32. The molecule has 0 saturated carbocycles. The van der Waals surface area contributed by atoms with Crippen LogP contribution in [0.4, 0.5) is 15.8 Å². The lowest BCUT2D eigenvalue weighted by Gasteiger charge is -2.06. The van der Waals surface area contributed by atoms with E-state index in [9.17, 15) is 14.5 Å². The van der Waals surface area contributed by atoms with Crippen molar-refractivity contribution in [1.82, 2.24) is 0 Å². The lowest BCUT2D eigenvalue weighted by atomic mass is 10.2. The van der Waals surface area contributed by atoms with Crippen LogP contribution in [0.25, 0.3) is 0 Å². The van der Waals surface area contributed by atoms with Crippen LogP contribution < -0.4 is 5.32 Å². The maximum absolute atomic E-state index is 13.4. The van der Waals surface area contributed by atoms with E-state index in [1.165, 1.54) is 6.26 Å². The molecule has 1 aromatic heterocycles. The van der Waals surface area contributed by atoms with Crippen molar-refractivity contribution in [3.63, 3.8) is 0 Å². The standard InChI is InChI=1S/C11H8BrFN2O3/c12-8-3-4-18-11(8)6-14-10-5-7(15(16)17)1-2-9(10)13/h1-5,14H,6H2. The van der Waals surface area contributed by atoms with Crippen LogP contribution in [0.3, 0.4) is 0 Å². The van der Waals surface area contributed by atoms with Gasteiger partial charge in [0.15, 0.2) is 0 Å². The predicted octanol–water partition coefficient (Wildman–Crippen LogP) is 3.70. The quantitative estimate of drug-likeness (QED) is 0.690. The van der Waals surface area contributed by atoms with Crippen LogP contribution in [0.15, 0.2) is 39.4 Å². The summed E-state index contributed by atoms with van der Waals surface area (Å²) in [6, 6.07) is 5.02. The lowest BCUT2D eigenvalue weighted by molar-refractivity contribution is -0.384. The summed E-state index contributed by atoms with van der Waals surface area (Å²) in [5.41, 5.74) is -0.107. The zero-order valence-corrected chi connectivity index (χ0v) is 10.6. The van der Waals surface area contributed by atoms with Crippen molar-refractivity contribution in [3.05, 3.63) is 56.7 Å². The lowest BCUT2D eigenvalue weighted by Crippen LogP contribution is -2.02. The van der Waals surface area contributed by atoms with Crippen molar-refractivity contribution < 1.29 is 13.7 Å². The van der Waals surface area contributed by atoms with Gasteiger partial charge in [0.1, 0.15) is 11.6 Å². The molecule has 2 aromatic rings. The van der Waals surface area contributed by atoms with Crippen LogP contribution in [0.1, 0.15) is 5.76 Å². The Balaban J connectivity index is 2.16. The summed E-state index contributed by atoms with van der Waals surface area (Å²) in [5.74, 6) is 0.0317. The minimum absolute atomic E-state index is 0.0625. The molecule has 0 unspecified atom stereocenters. The summed E-state index contributed by atoms with van der Waals surface area (Å²) in [7, 11) is 0. The van der Waals surface area contributed by atoms with Crippen molar-refractivity contribution in [2.24, 2.45) is 0 Å². The number of anilines is 1. The highest BCUT2D eigenvalue weighted by Crippen LogP contribution is 2.23. The topological polar surface area (TPSA) is 68.3 Å². The first-order valence-corrected chi connectivity index (χ1v) is 5.77. The molecule has 0 fully saturated rings. The molecule has 0 bridgehead atoms. The molecule has 0 amide bonds. The van der Waals surface area contributed by atoms with Crippen LogP contribution in [0.2, 0.25) is 0 Å². The maximum Gasteiger partial charge on any atom is 0.271 e. The van der Waals surface area contributed by atoms with E-state index in [1.807, 2.05) is 0 Å². The number of hydrogen-bond acceptors (Lipinski definition) is 4. The molecular formula is C11H8BrFN2O3. The Labute approximate surface area is 110 Å². The van der Waals surface area contributed by atoms with Gasteiger partial charge in [0.25, 0.3) is 5.69 Å². The second-order valence-electron chi connectivity index (χ2n) is 3.47. The monoisotopic (exact) mass is 314 g/mol. The molecule has 0 aliphatic rings. The number of nitro groups is 1. The Morgan fingerprint density at radius 2 is 2.22 bits per heavy atom. The fourth-order valence-electron chi connectivity index (χ4n) is 1.39. The zero-order chi connectivity index (χ0) is 13.1. The van der Waals surface area contributed by atoms with Gasteiger partial charge in [0, 0.05) is 12.1 Å². The van der Waals surface area contributed by atoms with E-state index in [0.29, 0.717) is 5.76 Å². The number of nitrogens with one attached hydrogen (secondary N) is 1. The molecule has 18 heavy (non-hydrogen) atoms. The van der Waals surface area contributed by atoms with E-state index in [4.69, 9.17) is 4.42 Å². The SMILES string of the molecule is O=[N+]([O-])c1ccc(F)c(NCc2occc2Br)c1. The van der Waals surface area contributed by atoms with Crippen molar-refractivity contribution in [1.29, 1.82) is 0 Å². The third kappa shape index (κ3) is 2.67. The molecular weight excluding hydrogens is 307 g/mol. The Kier molecular flexibility index (Phi) is 3.61. The van der Waals surface area contributed by atoms with Gasteiger partial charge in [-0.25, -0.2) is 4.39 Å². The van der Waals surface area contributed by atoms with Crippen LogP contribution in [-0.2, 0) is 6.54 Å². The van der Waals surface area contributed by atoms with Crippen molar-refractivity contribution in [2.45, 2.75) is 6.54 Å². The smallest absolute Gasteiger partial charge is 0.271 e. The van der Waals surface area contributed by atoms with Gasteiger partial charge < -0.3 is 9.73 Å². The van der Waals surface area contributed by atoms with Gasteiger partial charge in [-0.05, 0) is 28.1 Å². The Hall–Kier alpha value is -1.89. The fourth-order valence-corrected chi connectivity index (χ4v) is 1.73. The third-order valence-electron chi connectivity index (χ3n) is 2.29. The molecule has 0 aliphatic carbocycles. The first kappa shape index (κ1) is 12.6. The summed E-state index contributed by atoms with van der Waals surface area (Å²) >= 11 is 3.26. The molecule has 0 saturated heterocycles. The first-order valence-electron chi connectivity index (χ1n) is 4.97. The third-order valence-corrected chi connectivity index (χ3v) is 3.00. The normalized spacial score (nSPS) is 10.3. The number of furan rings is 1. The summed E-state index contributed by atoms with van der Waals surface area (Å²) in [5, 5.41) is 13.3. The average molecular weight is 315 g/mol. The number of non-ortho nitro benzene ring substituents is 1. The molecule has 1 N–H and O–H groups in total. The number of benzene rings is 1. The molecule has 1 heterocycles. The minimum atomic E-state index is -0.576. The number of rotatable bonds is 4. The van der Waals surface area contributed by atoms with E-state index in [0.717, 1.165) is 22.7 Å². The first-order chi connectivity index (χ1) is 8.58. The number of nitro benzene ring substituents is 1. The number of halogens is 2. The summed E-state index contributed by atoms with van der Waals surface area (Å²) in [4.78, 5) is 10.0. The second kappa shape index (κ2) is 5.18. The molecule has 0 aliphatic heterocycles. The molecule has 7 heteroatoms. The highest BCUT2D eigenvalue weighted by Gasteiger charge is 2.11. The van der Waals surface area contributed by atoms with Crippen molar-refractivity contribution >= 4 is 27.3 Å². The maximum atomic E-state index is 13.4. The number of nitrogens with zero attached hydrogens (tertiary/aromatic N) is 1. The van der Waals surface area contributed by atoms with E-state index in [-0.39, 0.29) is 17.9 Å². The van der Waals surface area contributed by atoms with E-state index < -0.39 is 10.7 Å². The molecule has 94 valence electrons. The molecule has 0 radical (unpaired) electrons. The van der Waals surface area contributed by atoms with E-state index >= 15 is 0 Å². The molecule has 5 nitrogen and oxygen atoms in total. The van der Waals surface area contributed by atoms with Crippen LogP contribution >= 0.6 is 15.9 Å². The van der Waals surface area contributed by atoms with Gasteiger partial charge >= 0.3 is 0 Å². The molecule has 0 atom stereocenters. The fraction of sp³-hybridized carbons (Fsp3) is 0.0909. The Bertz CT molecular complexity index is 585. The van der Waals surface area contributed by atoms with Crippen LogP contribution in [0.5, 0.6) is 0 Å². The molecule has 0 spiro atoms. The van der Waals surface area contributed by atoms with Gasteiger partial charge in [0.05, 0.1) is 27.9 Å². The highest BCUT2D eigenvalue weighted by molar-refractivity contribution is 9.10. The number of hydrogen-bond donors (Lipinski definition) is 1. The summed E-state index contributed by atoms with van der Waals surface area (Å²) in [6.45, 7) is 0.228. The Morgan fingerprint density at radius 3 is 2.83 bits per heavy atom. The van der Waals surface area contributed by atoms with Crippen molar-refractivity contribution in [2.75, 3.05) is 5.32 Å². The zero-order valence-electron chi connectivity index (χ0n) is 9.02. The molecule has 2 rings (SSSR count). The van der Waals surface area contributed by atoms with E-state index in [2.05, 4.69) is 21.2 Å². The van der Waals surface area contributed by atoms with Gasteiger partial charge in [-0.15, -0.1) is 0 Å². The predicted molar refractivity (Wildman–Crippen MR) is 66.8 cm³/mol.